The van der Waals surface area contributed by atoms with Crippen molar-refractivity contribution < 1.29 is 29.8 Å². The molecule has 0 aliphatic heterocycles. The molecule has 0 spiro atoms. The quantitative estimate of drug-likeness (QED) is 0.367. The molecule has 0 unspecified atom stereocenters. The van der Waals surface area contributed by atoms with Gasteiger partial charge in [0, 0.05) is 16.9 Å². The predicted octanol–water partition coefficient (Wildman–Crippen LogP) is 1.33. The molecule has 2 N–H and O–H groups in total. The molecule has 0 fully saturated rings. The fourth-order valence-electron chi connectivity index (χ4n) is 1.36. The Morgan fingerprint density at radius 2 is 1.26 bits per heavy atom. The fourth-order valence-corrected chi connectivity index (χ4v) is 1.36. The van der Waals surface area contributed by atoms with Crippen molar-refractivity contribution in [3.63, 3.8) is 0 Å². The molecular formula is C11H9N4O8+. The molecule has 12 nitrogen and oxygen atoms in total. The van der Waals surface area contributed by atoms with Crippen LogP contribution in [0.25, 0.3) is 0 Å². The van der Waals surface area contributed by atoms with Gasteiger partial charge in [0.2, 0.25) is 12.4 Å². The third kappa shape index (κ3) is 4.59. The van der Waals surface area contributed by atoms with Gasteiger partial charge in [0.15, 0.2) is 0 Å². The van der Waals surface area contributed by atoms with E-state index in [1.165, 1.54) is 0 Å². The predicted molar refractivity (Wildman–Crippen MR) is 71.9 cm³/mol. The molecule has 0 aliphatic carbocycles. The fraction of sp³-hybridized carbons (Fsp3) is 0. The van der Waals surface area contributed by atoms with Crippen LogP contribution in [0.15, 0.2) is 42.7 Å². The number of non-ortho nitro benzene ring substituents is 1. The number of nitro groups is 3. The Bertz CT molecular complexity index is 714. The molecule has 2 rings (SSSR count). The SMILES string of the molecule is O=[N+]([O-])c1cc([N+](=O)[O-])c(O)c([N+](=O)[O-])c1.O[n+]1ccccc1. The second-order valence-corrected chi connectivity index (χ2v) is 3.86. The molecule has 0 saturated carbocycles. The Balaban J connectivity index is 0.000000313. The maximum Gasteiger partial charge on any atom is 0.324 e. The molecule has 120 valence electrons. The summed E-state index contributed by atoms with van der Waals surface area (Å²) in [5.41, 5.74) is -3.00. The Labute approximate surface area is 126 Å². The zero-order chi connectivity index (χ0) is 17.6. The zero-order valence-electron chi connectivity index (χ0n) is 11.2. The van der Waals surface area contributed by atoms with Crippen LogP contribution in [0.2, 0.25) is 0 Å². The maximum absolute atomic E-state index is 10.4. The van der Waals surface area contributed by atoms with Gasteiger partial charge in [0.1, 0.15) is 0 Å². The van der Waals surface area contributed by atoms with E-state index in [1.807, 2.05) is 6.07 Å². The van der Waals surface area contributed by atoms with Crippen LogP contribution in [-0.4, -0.2) is 25.1 Å². The highest BCUT2D eigenvalue weighted by Gasteiger charge is 2.30. The first kappa shape index (κ1) is 17.2. The molecule has 1 aromatic carbocycles. The lowest BCUT2D eigenvalue weighted by atomic mass is 10.2. The van der Waals surface area contributed by atoms with E-state index in [0.717, 1.165) is 4.73 Å². The highest BCUT2D eigenvalue weighted by atomic mass is 16.6. The van der Waals surface area contributed by atoms with Gasteiger partial charge in [0.25, 0.3) is 11.4 Å². The summed E-state index contributed by atoms with van der Waals surface area (Å²) in [6, 6.07) is 6.23. The molecule has 1 heterocycles. The lowest BCUT2D eigenvalue weighted by Gasteiger charge is -1.97. The van der Waals surface area contributed by atoms with Crippen LogP contribution in [0.3, 0.4) is 0 Å². The van der Waals surface area contributed by atoms with Crippen molar-refractivity contribution in [3.8, 4) is 5.75 Å². The van der Waals surface area contributed by atoms with Crippen molar-refractivity contribution >= 4 is 17.1 Å². The van der Waals surface area contributed by atoms with Gasteiger partial charge in [-0.15, -0.1) is 0 Å². The topological polar surface area (TPSA) is 174 Å². The van der Waals surface area contributed by atoms with E-state index in [9.17, 15) is 30.3 Å². The monoisotopic (exact) mass is 325 g/mol. The number of hydrogen-bond acceptors (Lipinski definition) is 8. The second-order valence-electron chi connectivity index (χ2n) is 3.86. The van der Waals surface area contributed by atoms with Crippen molar-refractivity contribution in [1.29, 1.82) is 0 Å². The summed E-state index contributed by atoms with van der Waals surface area (Å²) in [5, 5.41) is 48.8. The van der Waals surface area contributed by atoms with E-state index in [4.69, 9.17) is 10.3 Å². The maximum atomic E-state index is 10.4. The molecule has 0 atom stereocenters. The number of phenolic OH excluding ortho intramolecular Hbond substituents is 1. The highest BCUT2D eigenvalue weighted by Crippen LogP contribution is 2.38. The van der Waals surface area contributed by atoms with E-state index in [2.05, 4.69) is 0 Å². The number of pyridine rings is 1. The minimum Gasteiger partial charge on any atom is -0.497 e. The third-order valence-corrected chi connectivity index (χ3v) is 2.36. The Morgan fingerprint density at radius 3 is 1.52 bits per heavy atom. The van der Waals surface area contributed by atoms with Gasteiger partial charge in [-0.25, -0.2) is 0 Å². The van der Waals surface area contributed by atoms with Gasteiger partial charge in [0.05, 0.1) is 26.9 Å². The molecule has 12 heteroatoms. The number of phenols is 1. The molecule has 0 amide bonds. The molecule has 0 aliphatic rings. The Kier molecular flexibility index (Phi) is 5.43. The van der Waals surface area contributed by atoms with E-state index in [0.29, 0.717) is 12.1 Å². The summed E-state index contributed by atoms with van der Waals surface area (Å²) in [6.07, 6.45) is 3.11. The van der Waals surface area contributed by atoms with Crippen LogP contribution in [0, 0.1) is 30.3 Å². The number of aromatic nitrogens is 1. The summed E-state index contributed by atoms with van der Waals surface area (Å²) < 4.78 is 1.00. The van der Waals surface area contributed by atoms with E-state index < -0.39 is 37.6 Å². The van der Waals surface area contributed by atoms with Crippen LogP contribution in [0.4, 0.5) is 17.1 Å². The first-order valence-electron chi connectivity index (χ1n) is 5.69. The Hall–Kier alpha value is -3.83. The average Bonchev–Trinajstić information content (AvgIpc) is 2.48. The smallest absolute Gasteiger partial charge is 0.324 e. The first-order chi connectivity index (χ1) is 10.7. The second kappa shape index (κ2) is 7.26. The third-order valence-electron chi connectivity index (χ3n) is 2.36. The van der Waals surface area contributed by atoms with Gasteiger partial charge in [-0.3, -0.25) is 35.6 Å². The van der Waals surface area contributed by atoms with Crippen molar-refractivity contribution in [1.82, 2.24) is 0 Å². The van der Waals surface area contributed by atoms with Gasteiger partial charge in [-0.2, -0.15) is 0 Å². The summed E-state index contributed by atoms with van der Waals surface area (Å²) >= 11 is 0. The van der Waals surface area contributed by atoms with Gasteiger partial charge >= 0.3 is 11.4 Å². The Morgan fingerprint density at radius 1 is 0.826 bits per heavy atom. The lowest BCUT2D eigenvalue weighted by Crippen LogP contribution is -2.27. The normalized spacial score (nSPS) is 9.39. The van der Waals surface area contributed by atoms with E-state index in [-0.39, 0.29) is 0 Å². The van der Waals surface area contributed by atoms with Gasteiger partial charge < -0.3 is 5.11 Å². The molecule has 23 heavy (non-hydrogen) atoms. The summed E-state index contributed by atoms with van der Waals surface area (Å²) in [7, 11) is 0. The van der Waals surface area contributed by atoms with Crippen LogP contribution in [0.5, 0.6) is 5.75 Å². The van der Waals surface area contributed by atoms with Gasteiger partial charge in [-0.1, -0.05) is 6.07 Å². The number of hydrogen-bond donors (Lipinski definition) is 2. The largest absolute Gasteiger partial charge is 0.497 e. The average molecular weight is 325 g/mol. The standard InChI is InChI=1S/C6H3N3O7.C5H6NO/c10-6-4(8(13)14)1-3(7(11)12)2-5(6)9(15)16;7-6-4-2-1-3-5-6/h1-2,10H;1-5,7H/q;+1. The van der Waals surface area contributed by atoms with E-state index in [1.54, 1.807) is 24.5 Å². The first-order valence-corrected chi connectivity index (χ1v) is 5.69. The van der Waals surface area contributed by atoms with Crippen molar-refractivity contribution in [2.24, 2.45) is 0 Å². The number of benzene rings is 1. The number of aromatic hydroxyl groups is 1. The molecule has 0 saturated heterocycles. The van der Waals surface area contributed by atoms with Crippen LogP contribution >= 0.6 is 0 Å². The van der Waals surface area contributed by atoms with E-state index >= 15 is 0 Å². The molecule has 0 radical (unpaired) electrons. The summed E-state index contributed by atoms with van der Waals surface area (Å²) in [4.78, 5) is 27.8. The van der Waals surface area contributed by atoms with Crippen LogP contribution < -0.4 is 4.73 Å². The minimum atomic E-state index is -1.21. The zero-order valence-corrected chi connectivity index (χ0v) is 11.2. The van der Waals surface area contributed by atoms with Crippen molar-refractivity contribution in [2.75, 3.05) is 0 Å². The lowest BCUT2D eigenvalue weighted by molar-refractivity contribution is -0.904. The van der Waals surface area contributed by atoms with Gasteiger partial charge in [-0.05, 0) is 0 Å². The highest BCUT2D eigenvalue weighted by molar-refractivity contribution is 5.64. The minimum absolute atomic E-state index is 0.447. The molecule has 0 bridgehead atoms. The van der Waals surface area contributed by atoms with Crippen molar-refractivity contribution in [3.05, 3.63) is 73.1 Å². The number of nitro benzene ring substituents is 3. The number of nitrogens with zero attached hydrogens (tertiary/aromatic N) is 4. The molecule has 2 aromatic rings. The van der Waals surface area contributed by atoms with Crippen LogP contribution in [-0.2, 0) is 0 Å². The summed E-state index contributed by atoms with van der Waals surface area (Å²) in [5.74, 6) is -1.21. The molecule has 1 aromatic heterocycles. The summed E-state index contributed by atoms with van der Waals surface area (Å²) in [6.45, 7) is 0. The molecular weight excluding hydrogens is 316 g/mol. The van der Waals surface area contributed by atoms with Crippen LogP contribution in [0.1, 0.15) is 0 Å². The van der Waals surface area contributed by atoms with Crippen molar-refractivity contribution in [2.45, 2.75) is 0 Å². The number of rotatable bonds is 3.